The summed E-state index contributed by atoms with van der Waals surface area (Å²) in [6, 6.07) is 7.59. The molecule has 0 spiro atoms. The van der Waals surface area contributed by atoms with Gasteiger partial charge in [0.25, 0.3) is 0 Å². The number of benzene rings is 1. The van der Waals surface area contributed by atoms with Crippen molar-refractivity contribution >= 4 is 31.4 Å². The van der Waals surface area contributed by atoms with Gasteiger partial charge >= 0.3 is 0 Å². The van der Waals surface area contributed by atoms with Crippen LogP contribution >= 0.6 is 11.3 Å². The zero-order chi connectivity index (χ0) is 15.1. The van der Waals surface area contributed by atoms with Crippen molar-refractivity contribution in [2.24, 2.45) is 5.41 Å². The van der Waals surface area contributed by atoms with Crippen molar-refractivity contribution < 1.29 is 8.42 Å². The molecule has 0 aliphatic carbocycles. The normalized spacial score (nSPS) is 22.5. The van der Waals surface area contributed by atoms with Gasteiger partial charge in [-0.2, -0.15) is 0 Å². The number of hydrogen-bond donors (Lipinski definition) is 2. The molecule has 1 unspecified atom stereocenters. The van der Waals surface area contributed by atoms with Crippen LogP contribution in [0.25, 0.3) is 10.1 Å². The standard InChI is InChI=1S/C15H20N2O2S2/c1-15(2)10-16-8-7-14(15)17-21(18,19)13-9-20-12-6-4-3-5-11(12)13/h3-6,9,14,16-17H,7-8,10H2,1-2H3. The van der Waals surface area contributed by atoms with Crippen molar-refractivity contribution in [1.29, 1.82) is 0 Å². The summed E-state index contributed by atoms with van der Waals surface area (Å²) in [6.07, 6.45) is 0.814. The van der Waals surface area contributed by atoms with E-state index < -0.39 is 10.0 Å². The summed E-state index contributed by atoms with van der Waals surface area (Å²) in [5.41, 5.74) is -0.0862. The minimum atomic E-state index is -3.48. The Bertz CT molecular complexity index is 750. The first-order valence-electron chi connectivity index (χ1n) is 7.09. The Kier molecular flexibility index (Phi) is 3.81. The molecule has 1 aliphatic rings. The third-order valence-corrected chi connectivity index (χ3v) is 6.79. The smallest absolute Gasteiger partial charge is 0.242 e. The topological polar surface area (TPSA) is 58.2 Å². The van der Waals surface area contributed by atoms with Gasteiger partial charge in [0.05, 0.1) is 0 Å². The van der Waals surface area contributed by atoms with Crippen LogP contribution < -0.4 is 10.0 Å². The highest BCUT2D eigenvalue weighted by molar-refractivity contribution is 7.90. The van der Waals surface area contributed by atoms with Gasteiger partial charge in [0, 0.05) is 28.1 Å². The van der Waals surface area contributed by atoms with Gasteiger partial charge in [-0.3, -0.25) is 0 Å². The Morgan fingerprint density at radius 1 is 1.33 bits per heavy atom. The van der Waals surface area contributed by atoms with E-state index in [1.165, 1.54) is 11.3 Å². The molecule has 0 amide bonds. The predicted octanol–water partition coefficient (Wildman–Crippen LogP) is 2.57. The van der Waals surface area contributed by atoms with Crippen molar-refractivity contribution in [2.75, 3.05) is 13.1 Å². The molecule has 1 aliphatic heterocycles. The lowest BCUT2D eigenvalue weighted by molar-refractivity contribution is 0.206. The Morgan fingerprint density at radius 2 is 2.10 bits per heavy atom. The number of piperidine rings is 1. The van der Waals surface area contributed by atoms with Crippen molar-refractivity contribution in [3.05, 3.63) is 29.6 Å². The third kappa shape index (κ3) is 2.85. The molecular weight excluding hydrogens is 304 g/mol. The molecule has 21 heavy (non-hydrogen) atoms. The fourth-order valence-electron chi connectivity index (χ4n) is 2.80. The van der Waals surface area contributed by atoms with Gasteiger partial charge in [0.15, 0.2) is 0 Å². The second-order valence-corrected chi connectivity index (χ2v) is 8.82. The highest BCUT2D eigenvalue weighted by atomic mass is 32.2. The molecule has 1 atom stereocenters. The lowest BCUT2D eigenvalue weighted by Gasteiger charge is -2.39. The van der Waals surface area contributed by atoms with Gasteiger partial charge in [-0.1, -0.05) is 32.0 Å². The van der Waals surface area contributed by atoms with Gasteiger partial charge in [-0.05, 0) is 24.4 Å². The molecule has 1 aromatic heterocycles. The molecule has 6 heteroatoms. The van der Waals surface area contributed by atoms with E-state index in [4.69, 9.17) is 0 Å². The van der Waals surface area contributed by atoms with Crippen LogP contribution in [0.15, 0.2) is 34.5 Å². The first kappa shape index (κ1) is 15.0. The van der Waals surface area contributed by atoms with E-state index in [9.17, 15) is 8.42 Å². The maximum Gasteiger partial charge on any atom is 0.242 e. The van der Waals surface area contributed by atoms with Gasteiger partial charge < -0.3 is 5.32 Å². The average molecular weight is 324 g/mol. The largest absolute Gasteiger partial charge is 0.316 e. The van der Waals surface area contributed by atoms with Crippen molar-refractivity contribution in [3.63, 3.8) is 0 Å². The predicted molar refractivity (Wildman–Crippen MR) is 87.2 cm³/mol. The first-order chi connectivity index (χ1) is 9.90. The van der Waals surface area contributed by atoms with Gasteiger partial charge in [-0.15, -0.1) is 11.3 Å². The number of thiophene rings is 1. The molecule has 0 bridgehead atoms. The Balaban J connectivity index is 1.94. The van der Waals surface area contributed by atoms with Crippen molar-refractivity contribution in [3.8, 4) is 0 Å². The third-order valence-electron chi connectivity index (χ3n) is 4.17. The molecule has 0 radical (unpaired) electrons. The molecular formula is C15H20N2O2S2. The summed E-state index contributed by atoms with van der Waals surface area (Å²) < 4.78 is 29.4. The summed E-state index contributed by atoms with van der Waals surface area (Å²) >= 11 is 1.47. The number of sulfonamides is 1. The van der Waals surface area contributed by atoms with Crippen LogP contribution in [0.1, 0.15) is 20.3 Å². The van der Waals surface area contributed by atoms with Gasteiger partial charge in [0.1, 0.15) is 4.90 Å². The zero-order valence-corrected chi connectivity index (χ0v) is 13.9. The van der Waals surface area contributed by atoms with Crippen LogP contribution in [0.3, 0.4) is 0 Å². The molecule has 0 saturated carbocycles. The molecule has 3 rings (SSSR count). The molecule has 2 N–H and O–H groups in total. The maximum atomic E-state index is 12.7. The van der Waals surface area contributed by atoms with Crippen LogP contribution in [-0.4, -0.2) is 27.5 Å². The lowest BCUT2D eigenvalue weighted by atomic mass is 9.81. The number of rotatable bonds is 3. The Morgan fingerprint density at radius 3 is 2.86 bits per heavy atom. The van der Waals surface area contributed by atoms with Crippen LogP contribution in [0.4, 0.5) is 0 Å². The first-order valence-corrected chi connectivity index (χ1v) is 9.46. The molecule has 1 aromatic carbocycles. The van der Waals surface area contributed by atoms with Crippen LogP contribution in [0.5, 0.6) is 0 Å². The molecule has 1 fully saturated rings. The highest BCUT2D eigenvalue weighted by Crippen LogP contribution is 2.31. The summed E-state index contributed by atoms with van der Waals surface area (Å²) in [5.74, 6) is 0. The fraction of sp³-hybridized carbons (Fsp3) is 0.467. The average Bonchev–Trinajstić information content (AvgIpc) is 2.86. The molecule has 2 heterocycles. The van der Waals surface area contributed by atoms with Crippen LogP contribution in [0.2, 0.25) is 0 Å². The van der Waals surface area contributed by atoms with E-state index in [2.05, 4.69) is 23.9 Å². The number of fused-ring (bicyclic) bond motifs is 1. The minimum Gasteiger partial charge on any atom is -0.316 e. The quantitative estimate of drug-likeness (QED) is 0.912. The fourth-order valence-corrected chi connectivity index (χ4v) is 5.75. The molecule has 1 saturated heterocycles. The second-order valence-electron chi connectivity index (χ2n) is 6.22. The SMILES string of the molecule is CC1(C)CNCCC1NS(=O)(=O)c1csc2ccccc12. The van der Waals surface area contributed by atoms with E-state index in [-0.39, 0.29) is 11.5 Å². The van der Waals surface area contributed by atoms with E-state index in [0.717, 1.165) is 29.6 Å². The molecule has 4 nitrogen and oxygen atoms in total. The molecule has 114 valence electrons. The monoisotopic (exact) mass is 324 g/mol. The molecule has 2 aromatic rings. The highest BCUT2D eigenvalue weighted by Gasteiger charge is 2.35. The number of nitrogens with one attached hydrogen (secondary N) is 2. The van der Waals surface area contributed by atoms with Gasteiger partial charge in [0.2, 0.25) is 10.0 Å². The lowest BCUT2D eigenvalue weighted by Crippen LogP contribution is -2.54. The van der Waals surface area contributed by atoms with Crippen LogP contribution in [0, 0.1) is 5.41 Å². The summed E-state index contributed by atoms with van der Waals surface area (Å²) in [6.45, 7) is 5.86. The Hall–Kier alpha value is -0.950. The second kappa shape index (κ2) is 5.35. The Labute approximate surface area is 129 Å². The van der Waals surface area contributed by atoms with Crippen molar-refractivity contribution in [1.82, 2.24) is 10.0 Å². The zero-order valence-electron chi connectivity index (χ0n) is 12.2. The minimum absolute atomic E-state index is 0.0394. The van der Waals surface area contributed by atoms with Crippen molar-refractivity contribution in [2.45, 2.75) is 31.2 Å². The summed E-state index contributed by atoms with van der Waals surface area (Å²) in [5, 5.41) is 5.87. The van der Waals surface area contributed by atoms with Gasteiger partial charge in [-0.25, -0.2) is 13.1 Å². The number of hydrogen-bond acceptors (Lipinski definition) is 4. The van der Waals surface area contributed by atoms with E-state index in [1.54, 1.807) is 5.38 Å². The van der Waals surface area contributed by atoms with E-state index in [0.29, 0.717) is 4.90 Å². The maximum absolute atomic E-state index is 12.7. The summed E-state index contributed by atoms with van der Waals surface area (Å²) in [4.78, 5) is 0.400. The van der Waals surface area contributed by atoms with E-state index in [1.807, 2.05) is 24.3 Å². The summed E-state index contributed by atoms with van der Waals surface area (Å²) in [7, 11) is -3.48. The van der Waals surface area contributed by atoms with E-state index >= 15 is 0 Å². The van der Waals surface area contributed by atoms with Crippen LogP contribution in [-0.2, 0) is 10.0 Å².